The minimum Gasteiger partial charge on any atom is -0.493 e. The number of primary amides is 1. The van der Waals surface area contributed by atoms with Gasteiger partial charge in [0.15, 0.2) is 0 Å². The standard InChI is InChI=1S/C16H24N2O2/c1-12(2)11-20-14-6-3-5-13(9-14)10-18-8-4-7-15(18)16(17)19/h3,5-6,9,12,15H,4,7-8,10-11H2,1-2H3,(H2,17,19)/t15-/m1/s1. The van der Waals surface area contributed by atoms with Gasteiger partial charge in [-0.1, -0.05) is 26.0 Å². The largest absolute Gasteiger partial charge is 0.493 e. The fourth-order valence-electron chi connectivity index (χ4n) is 2.57. The summed E-state index contributed by atoms with van der Waals surface area (Å²) in [5.74, 6) is 1.19. The maximum atomic E-state index is 11.4. The summed E-state index contributed by atoms with van der Waals surface area (Å²) >= 11 is 0. The first kappa shape index (κ1) is 14.9. The first-order chi connectivity index (χ1) is 9.56. The van der Waals surface area contributed by atoms with Gasteiger partial charge in [-0.25, -0.2) is 0 Å². The monoisotopic (exact) mass is 276 g/mol. The first-order valence-electron chi connectivity index (χ1n) is 7.31. The molecule has 0 aliphatic carbocycles. The van der Waals surface area contributed by atoms with Crippen molar-refractivity contribution in [2.24, 2.45) is 11.7 Å². The lowest BCUT2D eigenvalue weighted by Gasteiger charge is -2.22. The number of nitrogens with zero attached hydrogens (tertiary/aromatic N) is 1. The lowest BCUT2D eigenvalue weighted by atomic mass is 10.1. The predicted octanol–water partition coefficient (Wildman–Crippen LogP) is 2.17. The number of carbonyl (C=O) groups excluding carboxylic acids is 1. The Labute approximate surface area is 120 Å². The molecule has 1 aromatic rings. The van der Waals surface area contributed by atoms with E-state index < -0.39 is 0 Å². The molecule has 1 aromatic carbocycles. The van der Waals surface area contributed by atoms with Gasteiger partial charge in [0.1, 0.15) is 5.75 Å². The van der Waals surface area contributed by atoms with Crippen LogP contribution in [0.3, 0.4) is 0 Å². The van der Waals surface area contributed by atoms with Crippen molar-refractivity contribution in [1.82, 2.24) is 4.90 Å². The van der Waals surface area contributed by atoms with Crippen LogP contribution in [-0.4, -0.2) is 30.0 Å². The average Bonchev–Trinajstić information content (AvgIpc) is 2.85. The van der Waals surface area contributed by atoms with Crippen molar-refractivity contribution in [2.45, 2.75) is 39.3 Å². The van der Waals surface area contributed by atoms with Crippen LogP contribution in [0, 0.1) is 5.92 Å². The van der Waals surface area contributed by atoms with E-state index in [1.807, 2.05) is 12.1 Å². The van der Waals surface area contributed by atoms with Gasteiger partial charge in [0.2, 0.25) is 5.91 Å². The number of ether oxygens (including phenoxy) is 1. The number of rotatable bonds is 6. The number of likely N-dealkylation sites (tertiary alicyclic amines) is 1. The van der Waals surface area contributed by atoms with Crippen molar-refractivity contribution in [3.8, 4) is 5.75 Å². The molecule has 4 nitrogen and oxygen atoms in total. The van der Waals surface area contributed by atoms with E-state index in [4.69, 9.17) is 10.5 Å². The van der Waals surface area contributed by atoms with Gasteiger partial charge < -0.3 is 10.5 Å². The van der Waals surface area contributed by atoms with Gasteiger partial charge in [-0.15, -0.1) is 0 Å². The van der Waals surface area contributed by atoms with Gasteiger partial charge >= 0.3 is 0 Å². The summed E-state index contributed by atoms with van der Waals surface area (Å²) in [5.41, 5.74) is 6.61. The zero-order valence-corrected chi connectivity index (χ0v) is 12.3. The Morgan fingerprint density at radius 1 is 1.50 bits per heavy atom. The van der Waals surface area contributed by atoms with Crippen LogP contribution in [0.5, 0.6) is 5.75 Å². The van der Waals surface area contributed by atoms with Crippen molar-refractivity contribution >= 4 is 5.91 Å². The zero-order valence-electron chi connectivity index (χ0n) is 12.3. The Bertz CT molecular complexity index is 460. The van der Waals surface area contributed by atoms with Gasteiger partial charge in [0.25, 0.3) is 0 Å². The summed E-state index contributed by atoms with van der Waals surface area (Å²) in [6.45, 7) is 6.67. The molecular weight excluding hydrogens is 252 g/mol. The summed E-state index contributed by atoms with van der Waals surface area (Å²) < 4.78 is 5.74. The summed E-state index contributed by atoms with van der Waals surface area (Å²) in [4.78, 5) is 13.6. The Kier molecular flexibility index (Phi) is 5.01. The van der Waals surface area contributed by atoms with E-state index in [2.05, 4.69) is 30.9 Å². The van der Waals surface area contributed by atoms with E-state index in [-0.39, 0.29) is 11.9 Å². The highest BCUT2D eigenvalue weighted by Crippen LogP contribution is 2.22. The molecule has 1 aliphatic rings. The maximum Gasteiger partial charge on any atom is 0.234 e. The van der Waals surface area contributed by atoms with Crippen molar-refractivity contribution in [1.29, 1.82) is 0 Å². The first-order valence-corrected chi connectivity index (χ1v) is 7.31. The van der Waals surface area contributed by atoms with E-state index >= 15 is 0 Å². The number of nitrogens with two attached hydrogens (primary N) is 1. The van der Waals surface area contributed by atoms with Crippen LogP contribution in [0.2, 0.25) is 0 Å². The summed E-state index contributed by atoms with van der Waals surface area (Å²) in [6, 6.07) is 7.98. The minimum absolute atomic E-state index is 0.116. The molecule has 1 heterocycles. The fraction of sp³-hybridized carbons (Fsp3) is 0.562. The van der Waals surface area contributed by atoms with Crippen molar-refractivity contribution in [3.05, 3.63) is 29.8 Å². The van der Waals surface area contributed by atoms with Gasteiger partial charge in [0.05, 0.1) is 12.6 Å². The maximum absolute atomic E-state index is 11.4. The lowest BCUT2D eigenvalue weighted by molar-refractivity contribution is -0.122. The fourth-order valence-corrected chi connectivity index (χ4v) is 2.57. The van der Waals surface area contributed by atoms with Gasteiger partial charge in [0, 0.05) is 6.54 Å². The Hall–Kier alpha value is -1.55. The molecule has 1 fully saturated rings. The third-order valence-corrected chi connectivity index (χ3v) is 3.56. The average molecular weight is 276 g/mol. The molecule has 0 bridgehead atoms. The number of hydrogen-bond donors (Lipinski definition) is 1. The molecule has 0 radical (unpaired) electrons. The number of benzene rings is 1. The van der Waals surface area contributed by atoms with Crippen molar-refractivity contribution in [3.63, 3.8) is 0 Å². The van der Waals surface area contributed by atoms with Gasteiger partial charge in [-0.05, 0) is 43.0 Å². The van der Waals surface area contributed by atoms with E-state index in [1.165, 1.54) is 5.56 Å². The van der Waals surface area contributed by atoms with E-state index in [0.29, 0.717) is 5.92 Å². The third kappa shape index (κ3) is 3.97. The van der Waals surface area contributed by atoms with Crippen LogP contribution in [0.25, 0.3) is 0 Å². The molecule has 1 saturated heterocycles. The highest BCUT2D eigenvalue weighted by atomic mass is 16.5. The molecule has 1 amide bonds. The molecule has 2 N–H and O–H groups in total. The quantitative estimate of drug-likeness (QED) is 0.866. The predicted molar refractivity (Wildman–Crippen MR) is 79.4 cm³/mol. The Morgan fingerprint density at radius 3 is 3.00 bits per heavy atom. The molecule has 1 atom stereocenters. The minimum atomic E-state index is -0.213. The second-order valence-corrected chi connectivity index (χ2v) is 5.88. The van der Waals surface area contributed by atoms with Crippen LogP contribution in [0.15, 0.2) is 24.3 Å². The molecular formula is C16H24N2O2. The van der Waals surface area contributed by atoms with Crippen molar-refractivity contribution in [2.75, 3.05) is 13.2 Å². The van der Waals surface area contributed by atoms with Gasteiger partial charge in [-0.3, -0.25) is 9.69 Å². The highest BCUT2D eigenvalue weighted by molar-refractivity contribution is 5.80. The smallest absolute Gasteiger partial charge is 0.234 e. The second-order valence-electron chi connectivity index (χ2n) is 5.88. The molecule has 0 unspecified atom stereocenters. The SMILES string of the molecule is CC(C)COc1cccc(CN2CCC[C@@H]2C(N)=O)c1. The molecule has 0 aromatic heterocycles. The number of amides is 1. The topological polar surface area (TPSA) is 55.6 Å². The van der Waals surface area contributed by atoms with Crippen LogP contribution in [0.4, 0.5) is 0 Å². The molecule has 110 valence electrons. The highest BCUT2D eigenvalue weighted by Gasteiger charge is 2.28. The molecule has 20 heavy (non-hydrogen) atoms. The molecule has 2 rings (SSSR count). The van der Waals surface area contributed by atoms with E-state index in [9.17, 15) is 4.79 Å². The van der Waals surface area contributed by atoms with Gasteiger partial charge in [-0.2, -0.15) is 0 Å². The normalized spacial score (nSPS) is 19.4. The Morgan fingerprint density at radius 2 is 2.30 bits per heavy atom. The van der Waals surface area contributed by atoms with Crippen LogP contribution < -0.4 is 10.5 Å². The van der Waals surface area contributed by atoms with E-state index in [1.54, 1.807) is 0 Å². The third-order valence-electron chi connectivity index (χ3n) is 3.56. The number of carbonyl (C=O) groups is 1. The summed E-state index contributed by atoms with van der Waals surface area (Å²) in [6.07, 6.45) is 1.91. The molecule has 4 heteroatoms. The summed E-state index contributed by atoms with van der Waals surface area (Å²) in [7, 11) is 0. The lowest BCUT2D eigenvalue weighted by Crippen LogP contribution is -2.39. The second kappa shape index (κ2) is 6.75. The summed E-state index contributed by atoms with van der Waals surface area (Å²) in [5, 5.41) is 0. The number of hydrogen-bond acceptors (Lipinski definition) is 3. The molecule has 0 saturated carbocycles. The van der Waals surface area contributed by atoms with Crippen molar-refractivity contribution < 1.29 is 9.53 Å². The molecule has 0 spiro atoms. The zero-order chi connectivity index (χ0) is 14.5. The van der Waals surface area contributed by atoms with Crippen LogP contribution >= 0.6 is 0 Å². The Balaban J connectivity index is 1.98. The molecule has 1 aliphatic heterocycles. The van der Waals surface area contributed by atoms with Crippen LogP contribution in [0.1, 0.15) is 32.3 Å². The van der Waals surface area contributed by atoms with E-state index in [0.717, 1.165) is 38.3 Å². The van der Waals surface area contributed by atoms with Crippen LogP contribution in [-0.2, 0) is 11.3 Å².